The van der Waals surface area contributed by atoms with Crippen molar-refractivity contribution in [1.82, 2.24) is 9.88 Å². The first-order valence-electron chi connectivity index (χ1n) is 15.0. The molecule has 11 nitrogen and oxygen atoms in total. The molecule has 46 heavy (non-hydrogen) atoms. The van der Waals surface area contributed by atoms with Gasteiger partial charge >= 0.3 is 5.97 Å². The molecule has 0 saturated heterocycles. The predicted molar refractivity (Wildman–Crippen MR) is 171 cm³/mol. The second-order valence-electron chi connectivity index (χ2n) is 12.7. The predicted octanol–water partition coefficient (Wildman–Crippen LogP) is 5.72. The van der Waals surface area contributed by atoms with Crippen LogP contribution >= 0.6 is 0 Å². The van der Waals surface area contributed by atoms with Gasteiger partial charge in [0.2, 0.25) is 5.91 Å². The van der Waals surface area contributed by atoms with Crippen LogP contribution in [0.25, 0.3) is 10.9 Å². The lowest BCUT2D eigenvalue weighted by Crippen LogP contribution is -2.56. The maximum Gasteiger partial charge on any atom is 0.352 e. The zero-order chi connectivity index (χ0) is 32.9. The van der Waals surface area contributed by atoms with E-state index in [2.05, 4.69) is 31.1 Å². The van der Waals surface area contributed by atoms with Crippen LogP contribution in [0.4, 0.5) is 5.69 Å². The van der Waals surface area contributed by atoms with Crippen LogP contribution in [0.1, 0.15) is 56.1 Å². The Morgan fingerprint density at radius 1 is 1.13 bits per heavy atom. The monoisotopic (exact) mass is 627 g/mol. The molecule has 2 aliphatic heterocycles. The van der Waals surface area contributed by atoms with Gasteiger partial charge in [0.05, 0.1) is 44.6 Å². The Bertz CT molecular complexity index is 1840. The SMILES string of the molecule is COc1cccc([C@@H]2C=C(C)C3=COC[C@@H](C(C)(C)C)N4C(=O)[C@@H](CC(=O)Nc5ccc6cc(C(=O)O)[nH]c6c5)OC2=C34)c1OC. The second-order valence-corrected chi connectivity index (χ2v) is 12.7. The summed E-state index contributed by atoms with van der Waals surface area (Å²) in [5.41, 5.74) is 3.76. The number of nitrogens with zero attached hydrogens (tertiary/aromatic N) is 1. The van der Waals surface area contributed by atoms with Crippen molar-refractivity contribution < 1.29 is 38.4 Å². The van der Waals surface area contributed by atoms with E-state index in [1.807, 2.05) is 31.2 Å². The lowest BCUT2D eigenvalue weighted by atomic mass is 9.80. The fraction of sp³-hybridized carbons (Fsp3) is 0.343. The quantitative estimate of drug-likeness (QED) is 0.302. The number of benzene rings is 2. The Labute approximate surface area is 266 Å². The minimum atomic E-state index is -1.12. The van der Waals surface area contributed by atoms with Gasteiger partial charge in [0, 0.05) is 27.7 Å². The Hall–Kier alpha value is -5.19. The van der Waals surface area contributed by atoms with Crippen LogP contribution in [-0.2, 0) is 19.1 Å². The molecule has 0 fully saturated rings. The fourth-order valence-corrected chi connectivity index (χ4v) is 6.34. The van der Waals surface area contributed by atoms with E-state index in [0.717, 1.165) is 16.7 Å². The lowest BCUT2D eigenvalue weighted by Gasteiger charge is -2.46. The first-order chi connectivity index (χ1) is 21.9. The highest BCUT2D eigenvalue weighted by atomic mass is 16.5. The molecule has 2 amide bonds. The van der Waals surface area contributed by atoms with Gasteiger partial charge in [-0.3, -0.25) is 14.5 Å². The Morgan fingerprint density at radius 2 is 1.91 bits per heavy atom. The van der Waals surface area contributed by atoms with Crippen molar-refractivity contribution in [2.24, 2.45) is 5.41 Å². The molecule has 3 N–H and O–H groups in total. The summed E-state index contributed by atoms with van der Waals surface area (Å²) in [5.74, 6) is -0.661. The number of ether oxygens (including phenoxy) is 4. The topological polar surface area (TPSA) is 139 Å². The number of methoxy groups -OCH3 is 2. The summed E-state index contributed by atoms with van der Waals surface area (Å²) < 4.78 is 24.0. The Morgan fingerprint density at radius 3 is 2.61 bits per heavy atom. The van der Waals surface area contributed by atoms with Crippen molar-refractivity contribution >= 4 is 34.4 Å². The van der Waals surface area contributed by atoms with Crippen LogP contribution in [0.3, 0.4) is 0 Å². The standard InChI is InChI=1S/C35H37N3O8/c1-18-12-22(21-8-7-9-26(43-5)31(21)44-6)32-30-23(18)16-45-17-28(35(2,3)4)38(30)33(40)27(46-32)15-29(39)36-20-11-10-19-13-25(34(41)42)37-24(19)14-20/h7-14,16,22,27-28,37H,15,17H2,1-6H3,(H,36,39)(H,41,42)/t22-,27+,28-/m0/s1. The van der Waals surface area contributed by atoms with Crippen LogP contribution in [0, 0.1) is 5.41 Å². The van der Waals surface area contributed by atoms with Gasteiger partial charge in [-0.05, 0) is 42.2 Å². The number of fused-ring (bicyclic) bond motifs is 1. The smallest absolute Gasteiger partial charge is 0.352 e. The van der Waals surface area contributed by atoms with Gasteiger partial charge in [-0.1, -0.05) is 45.0 Å². The molecule has 3 heterocycles. The van der Waals surface area contributed by atoms with E-state index < -0.39 is 23.9 Å². The number of hydrogen-bond acceptors (Lipinski definition) is 7. The normalized spacial score (nSPS) is 21.0. The number of aromatic carboxylic acids is 1. The number of H-pyrrole nitrogens is 1. The first-order valence-corrected chi connectivity index (χ1v) is 15.0. The lowest BCUT2D eigenvalue weighted by molar-refractivity contribution is -0.150. The van der Waals surface area contributed by atoms with Crippen molar-refractivity contribution in [1.29, 1.82) is 0 Å². The molecule has 6 rings (SSSR count). The third kappa shape index (κ3) is 5.35. The van der Waals surface area contributed by atoms with Crippen LogP contribution in [-0.4, -0.2) is 65.7 Å². The molecule has 0 radical (unpaired) electrons. The van der Waals surface area contributed by atoms with Gasteiger partial charge in [-0.25, -0.2) is 4.79 Å². The van der Waals surface area contributed by atoms with E-state index in [-0.39, 0.29) is 36.1 Å². The molecule has 11 heteroatoms. The number of carboxylic acids is 1. The summed E-state index contributed by atoms with van der Waals surface area (Å²) in [5, 5.41) is 12.9. The number of nitrogens with one attached hydrogen (secondary N) is 2. The van der Waals surface area contributed by atoms with Crippen molar-refractivity contribution in [2.45, 2.75) is 52.2 Å². The average molecular weight is 628 g/mol. The molecule has 2 aromatic carbocycles. The molecular weight excluding hydrogens is 590 g/mol. The first kappa shape index (κ1) is 30.8. The van der Waals surface area contributed by atoms with Gasteiger partial charge in [-0.2, -0.15) is 0 Å². The van der Waals surface area contributed by atoms with Gasteiger partial charge in [0.25, 0.3) is 5.91 Å². The number of carbonyl (C=O) groups excluding carboxylic acids is 2. The van der Waals surface area contributed by atoms with Gasteiger partial charge in [-0.15, -0.1) is 0 Å². The highest BCUT2D eigenvalue weighted by molar-refractivity contribution is 5.99. The Balaban J connectivity index is 1.39. The zero-order valence-electron chi connectivity index (χ0n) is 26.6. The Kier molecular flexibility index (Phi) is 7.79. The van der Waals surface area contributed by atoms with Gasteiger partial charge in [0.1, 0.15) is 18.1 Å². The minimum Gasteiger partial charge on any atom is -0.498 e. The summed E-state index contributed by atoms with van der Waals surface area (Å²) in [4.78, 5) is 43.8. The molecule has 1 aromatic heterocycles. The van der Waals surface area contributed by atoms with Crippen LogP contribution < -0.4 is 14.8 Å². The molecule has 1 aliphatic carbocycles. The van der Waals surface area contributed by atoms with Crippen molar-refractivity contribution in [2.75, 3.05) is 26.1 Å². The highest BCUT2D eigenvalue weighted by Gasteiger charge is 2.49. The maximum absolute atomic E-state index is 14.4. The van der Waals surface area contributed by atoms with E-state index in [4.69, 9.17) is 18.9 Å². The van der Waals surface area contributed by atoms with Crippen LogP contribution in [0.15, 0.2) is 77.4 Å². The number of para-hydroxylation sites is 1. The van der Waals surface area contributed by atoms with E-state index >= 15 is 0 Å². The summed E-state index contributed by atoms with van der Waals surface area (Å²) >= 11 is 0. The molecule has 3 atom stereocenters. The second kappa shape index (κ2) is 11.6. The third-order valence-electron chi connectivity index (χ3n) is 8.68. The molecule has 3 aromatic rings. The third-order valence-corrected chi connectivity index (χ3v) is 8.68. The number of aromatic amines is 1. The number of carboxylic acid groups (broad SMARTS) is 1. The molecule has 3 aliphatic rings. The van der Waals surface area contributed by atoms with Crippen LogP contribution in [0.5, 0.6) is 11.5 Å². The van der Waals surface area contributed by atoms with Gasteiger partial charge < -0.3 is 34.4 Å². The minimum absolute atomic E-state index is 0.0472. The molecule has 0 saturated carbocycles. The number of aromatic nitrogens is 1. The molecule has 240 valence electrons. The number of carbonyl (C=O) groups is 3. The summed E-state index contributed by atoms with van der Waals surface area (Å²) in [6.07, 6.45) is 2.36. The fourth-order valence-electron chi connectivity index (χ4n) is 6.34. The molecule has 0 bridgehead atoms. The maximum atomic E-state index is 14.4. The van der Waals surface area contributed by atoms with E-state index in [9.17, 15) is 19.5 Å². The van der Waals surface area contributed by atoms with E-state index in [1.165, 1.54) is 6.07 Å². The number of rotatable bonds is 7. The zero-order valence-corrected chi connectivity index (χ0v) is 26.6. The number of amides is 2. The van der Waals surface area contributed by atoms with Crippen LogP contribution in [0.2, 0.25) is 0 Å². The van der Waals surface area contributed by atoms with Crippen molar-refractivity contribution in [3.63, 3.8) is 0 Å². The van der Waals surface area contributed by atoms with E-state index in [1.54, 1.807) is 43.6 Å². The molecule has 0 spiro atoms. The van der Waals surface area contributed by atoms with E-state index in [0.29, 0.717) is 39.5 Å². The highest BCUT2D eigenvalue weighted by Crippen LogP contribution is 2.50. The number of anilines is 1. The summed E-state index contributed by atoms with van der Waals surface area (Å²) in [7, 11) is 3.16. The average Bonchev–Trinajstić information content (AvgIpc) is 3.32. The summed E-state index contributed by atoms with van der Waals surface area (Å²) in [6, 6.07) is 11.9. The molecular formula is C35H37N3O8. The van der Waals surface area contributed by atoms with Crippen molar-refractivity contribution in [3.8, 4) is 11.5 Å². The van der Waals surface area contributed by atoms with Gasteiger partial charge in [0.15, 0.2) is 17.6 Å². The molecule has 0 unspecified atom stereocenters. The summed E-state index contributed by atoms with van der Waals surface area (Å²) in [6.45, 7) is 8.40. The number of allylic oxidation sites excluding steroid dienone is 2. The number of hydrogen-bond donors (Lipinski definition) is 3. The largest absolute Gasteiger partial charge is 0.498 e. The van der Waals surface area contributed by atoms with Crippen molar-refractivity contribution in [3.05, 3.63) is 88.7 Å².